The number of hydrogen-bond acceptors (Lipinski definition) is 2. The molecule has 0 aliphatic heterocycles. The van der Waals surface area contributed by atoms with Crippen LogP contribution in [0.1, 0.15) is 26.7 Å². The van der Waals surface area contributed by atoms with Crippen LogP contribution >= 0.6 is 0 Å². The third-order valence-corrected chi connectivity index (χ3v) is 3.26. The van der Waals surface area contributed by atoms with Gasteiger partial charge in [-0.3, -0.25) is 9.59 Å². The Morgan fingerprint density at radius 1 is 1.38 bits per heavy atom. The first kappa shape index (κ1) is 10.0. The number of amides is 2. The smallest absolute Gasteiger partial charge is 0.221 e. The zero-order valence-electron chi connectivity index (χ0n) is 8.04. The Bertz CT molecular complexity index is 248. The number of carbonyl (C=O) groups is 2. The van der Waals surface area contributed by atoms with Crippen molar-refractivity contribution in [1.82, 2.24) is 0 Å². The minimum atomic E-state index is -0.305. The number of rotatable bonds is 3. The molecule has 4 nitrogen and oxygen atoms in total. The highest BCUT2D eigenvalue weighted by atomic mass is 16.1. The molecule has 1 fully saturated rings. The molecule has 74 valence electrons. The van der Waals surface area contributed by atoms with Crippen molar-refractivity contribution < 1.29 is 9.59 Å². The molecule has 4 heteroatoms. The second-order valence-electron chi connectivity index (χ2n) is 4.38. The highest BCUT2D eigenvalue weighted by molar-refractivity contribution is 5.80. The van der Waals surface area contributed by atoms with Crippen LogP contribution in [0.2, 0.25) is 0 Å². The maximum Gasteiger partial charge on any atom is 0.221 e. The molecule has 0 heterocycles. The highest BCUT2D eigenvalue weighted by Gasteiger charge is 2.50. The lowest BCUT2D eigenvalue weighted by molar-refractivity contribution is -0.141. The van der Waals surface area contributed by atoms with E-state index in [2.05, 4.69) is 0 Å². The third-order valence-electron chi connectivity index (χ3n) is 3.26. The average Bonchev–Trinajstić information content (AvgIpc) is 1.96. The minimum Gasteiger partial charge on any atom is -0.370 e. The molecule has 0 unspecified atom stereocenters. The molecule has 0 radical (unpaired) electrons. The molecular formula is C9H16N2O2. The summed E-state index contributed by atoms with van der Waals surface area (Å²) in [5, 5.41) is 0. The van der Waals surface area contributed by atoms with Gasteiger partial charge in [0.1, 0.15) is 0 Å². The van der Waals surface area contributed by atoms with Gasteiger partial charge in [0.25, 0.3) is 0 Å². The van der Waals surface area contributed by atoms with Crippen LogP contribution in [0.3, 0.4) is 0 Å². The fourth-order valence-electron chi connectivity index (χ4n) is 2.09. The Morgan fingerprint density at radius 3 is 2.23 bits per heavy atom. The van der Waals surface area contributed by atoms with Crippen LogP contribution in [0.15, 0.2) is 0 Å². The molecule has 4 N–H and O–H groups in total. The quantitative estimate of drug-likeness (QED) is 0.647. The molecule has 0 aromatic heterocycles. The summed E-state index contributed by atoms with van der Waals surface area (Å²) in [6.07, 6.45) is 1.06. The molecule has 2 amide bonds. The van der Waals surface area contributed by atoms with E-state index in [9.17, 15) is 9.59 Å². The topological polar surface area (TPSA) is 86.2 Å². The molecule has 0 bridgehead atoms. The third kappa shape index (κ3) is 1.66. The number of nitrogens with two attached hydrogens (primary N) is 2. The molecular weight excluding hydrogens is 168 g/mol. The standard InChI is InChI=1S/C9H16N2O2/c1-9(2)5(4-7(10)12)3-6(9)8(11)13/h5-6H,3-4H2,1-2H3,(H2,10,12)(H2,11,13)/t5-,6+/m1/s1. The Kier molecular flexibility index (Phi) is 2.32. The first-order valence-electron chi connectivity index (χ1n) is 4.43. The van der Waals surface area contributed by atoms with Crippen molar-refractivity contribution in [1.29, 1.82) is 0 Å². The summed E-state index contributed by atoms with van der Waals surface area (Å²) in [5.74, 6) is -0.467. The van der Waals surface area contributed by atoms with Crippen LogP contribution in [0.25, 0.3) is 0 Å². The second-order valence-corrected chi connectivity index (χ2v) is 4.38. The fourth-order valence-corrected chi connectivity index (χ4v) is 2.09. The molecule has 0 aromatic rings. The molecule has 1 aliphatic rings. The van der Waals surface area contributed by atoms with Gasteiger partial charge in [-0.15, -0.1) is 0 Å². The Balaban J connectivity index is 2.59. The zero-order valence-corrected chi connectivity index (χ0v) is 8.04. The van der Waals surface area contributed by atoms with Gasteiger partial charge in [0.2, 0.25) is 11.8 Å². The van der Waals surface area contributed by atoms with Crippen molar-refractivity contribution >= 4 is 11.8 Å². The summed E-state index contributed by atoms with van der Waals surface area (Å²) in [4.78, 5) is 21.6. The summed E-state index contributed by atoms with van der Waals surface area (Å²) < 4.78 is 0. The molecule has 1 rings (SSSR count). The second kappa shape index (κ2) is 3.01. The van der Waals surface area contributed by atoms with E-state index in [0.29, 0.717) is 12.8 Å². The van der Waals surface area contributed by atoms with Crippen molar-refractivity contribution in [3.8, 4) is 0 Å². The number of carbonyl (C=O) groups excluding carboxylic acids is 2. The van der Waals surface area contributed by atoms with Crippen LogP contribution in [0.4, 0.5) is 0 Å². The predicted molar refractivity (Wildman–Crippen MR) is 48.4 cm³/mol. The van der Waals surface area contributed by atoms with Gasteiger partial charge in [-0.25, -0.2) is 0 Å². The van der Waals surface area contributed by atoms with Crippen molar-refractivity contribution in [3.05, 3.63) is 0 Å². The molecule has 1 saturated carbocycles. The van der Waals surface area contributed by atoms with E-state index in [1.54, 1.807) is 0 Å². The SMILES string of the molecule is CC1(C)[C@@H](CC(N)=O)C[C@H]1C(N)=O. The van der Waals surface area contributed by atoms with E-state index < -0.39 is 0 Å². The Morgan fingerprint density at radius 2 is 1.92 bits per heavy atom. The van der Waals surface area contributed by atoms with Crippen molar-refractivity contribution in [2.75, 3.05) is 0 Å². The minimum absolute atomic E-state index is 0.100. The maximum absolute atomic E-state index is 10.9. The molecule has 2 atom stereocenters. The van der Waals surface area contributed by atoms with Gasteiger partial charge in [0, 0.05) is 12.3 Å². The van der Waals surface area contributed by atoms with Crippen molar-refractivity contribution in [2.24, 2.45) is 28.7 Å². The molecule has 13 heavy (non-hydrogen) atoms. The van der Waals surface area contributed by atoms with Crippen LogP contribution < -0.4 is 11.5 Å². The summed E-state index contributed by atoms with van der Waals surface area (Å²) in [6, 6.07) is 0. The lowest BCUT2D eigenvalue weighted by Gasteiger charge is -2.50. The van der Waals surface area contributed by atoms with Crippen molar-refractivity contribution in [3.63, 3.8) is 0 Å². The van der Waals surface area contributed by atoms with Crippen LogP contribution in [0.5, 0.6) is 0 Å². The molecule has 0 spiro atoms. The summed E-state index contributed by atoms with van der Waals surface area (Å²) >= 11 is 0. The summed E-state index contributed by atoms with van der Waals surface area (Å²) in [5.41, 5.74) is 10.1. The van der Waals surface area contributed by atoms with Gasteiger partial charge in [0.05, 0.1) is 0 Å². The maximum atomic E-state index is 10.9. The predicted octanol–water partition coefficient (Wildman–Crippen LogP) is 0.00940. The average molecular weight is 184 g/mol. The Labute approximate surface area is 77.7 Å². The monoisotopic (exact) mass is 184 g/mol. The first-order valence-corrected chi connectivity index (χ1v) is 4.43. The van der Waals surface area contributed by atoms with Crippen LogP contribution in [-0.4, -0.2) is 11.8 Å². The van der Waals surface area contributed by atoms with Gasteiger partial charge in [-0.05, 0) is 17.8 Å². The van der Waals surface area contributed by atoms with E-state index in [-0.39, 0.29) is 29.1 Å². The van der Waals surface area contributed by atoms with Crippen LogP contribution in [-0.2, 0) is 9.59 Å². The Hall–Kier alpha value is -1.06. The van der Waals surface area contributed by atoms with Gasteiger partial charge in [0.15, 0.2) is 0 Å². The van der Waals surface area contributed by atoms with E-state index in [1.807, 2.05) is 13.8 Å². The lowest BCUT2D eigenvalue weighted by atomic mass is 9.53. The van der Waals surface area contributed by atoms with E-state index in [0.717, 1.165) is 0 Å². The van der Waals surface area contributed by atoms with E-state index in [1.165, 1.54) is 0 Å². The van der Waals surface area contributed by atoms with E-state index >= 15 is 0 Å². The molecule has 0 saturated heterocycles. The molecule has 0 aromatic carbocycles. The first-order chi connectivity index (χ1) is 5.85. The van der Waals surface area contributed by atoms with Gasteiger partial charge >= 0.3 is 0 Å². The number of hydrogen-bond donors (Lipinski definition) is 2. The highest BCUT2D eigenvalue weighted by Crippen LogP contribution is 2.52. The van der Waals surface area contributed by atoms with Gasteiger partial charge in [-0.2, -0.15) is 0 Å². The normalized spacial score (nSPS) is 30.6. The zero-order chi connectivity index (χ0) is 10.2. The fraction of sp³-hybridized carbons (Fsp3) is 0.778. The van der Waals surface area contributed by atoms with Gasteiger partial charge in [-0.1, -0.05) is 13.8 Å². The van der Waals surface area contributed by atoms with Crippen LogP contribution in [0, 0.1) is 17.3 Å². The summed E-state index contributed by atoms with van der Waals surface area (Å²) in [6.45, 7) is 3.92. The largest absolute Gasteiger partial charge is 0.370 e. The van der Waals surface area contributed by atoms with Crippen molar-refractivity contribution in [2.45, 2.75) is 26.7 Å². The van der Waals surface area contributed by atoms with Gasteiger partial charge < -0.3 is 11.5 Å². The molecule has 1 aliphatic carbocycles. The summed E-state index contributed by atoms with van der Waals surface area (Å²) in [7, 11) is 0. The van der Waals surface area contributed by atoms with E-state index in [4.69, 9.17) is 11.5 Å². The number of primary amides is 2. The lowest BCUT2D eigenvalue weighted by Crippen LogP contribution is -2.52.